The van der Waals surface area contributed by atoms with Gasteiger partial charge in [0.2, 0.25) is 5.91 Å². The van der Waals surface area contributed by atoms with Crippen LogP contribution in [0.1, 0.15) is 6.92 Å². The fourth-order valence-electron chi connectivity index (χ4n) is 3.18. The molecule has 1 N–H and O–H groups in total. The van der Waals surface area contributed by atoms with E-state index in [0.29, 0.717) is 6.61 Å². The van der Waals surface area contributed by atoms with Crippen LogP contribution in [0.3, 0.4) is 0 Å². The third-order valence-electron chi connectivity index (χ3n) is 4.81. The van der Waals surface area contributed by atoms with Crippen molar-refractivity contribution >= 4 is 11.7 Å². The third-order valence-corrected chi connectivity index (χ3v) is 4.81. The quantitative estimate of drug-likeness (QED) is 0.821. The zero-order chi connectivity index (χ0) is 16.9. The summed E-state index contributed by atoms with van der Waals surface area (Å²) in [6.45, 7) is 8.93. The number of aromatic nitrogens is 1. The van der Waals surface area contributed by atoms with Crippen LogP contribution in [0.2, 0.25) is 0 Å². The SMILES string of the molecule is C[C@@H]1C(=O)N(C)CCN1CCOc1ccc(N2CCNCC2)nc1. The van der Waals surface area contributed by atoms with Crippen molar-refractivity contribution in [2.45, 2.75) is 13.0 Å². The van der Waals surface area contributed by atoms with Gasteiger partial charge >= 0.3 is 0 Å². The van der Waals surface area contributed by atoms with Crippen molar-refractivity contribution in [3.05, 3.63) is 18.3 Å². The molecular formula is C17H27N5O2. The van der Waals surface area contributed by atoms with Crippen LogP contribution in [0.15, 0.2) is 18.3 Å². The minimum absolute atomic E-state index is 0.0689. The van der Waals surface area contributed by atoms with E-state index < -0.39 is 0 Å². The second kappa shape index (κ2) is 7.81. The number of pyridine rings is 1. The molecule has 2 saturated heterocycles. The number of rotatable bonds is 5. The third kappa shape index (κ3) is 3.96. The van der Waals surface area contributed by atoms with Crippen LogP contribution in [0, 0.1) is 0 Å². The number of piperazine rings is 2. The first-order valence-electron chi connectivity index (χ1n) is 8.68. The number of ether oxygens (including phenoxy) is 1. The molecule has 0 aromatic carbocycles. The fourth-order valence-corrected chi connectivity index (χ4v) is 3.18. The van der Waals surface area contributed by atoms with Gasteiger partial charge in [0, 0.05) is 52.9 Å². The van der Waals surface area contributed by atoms with Gasteiger partial charge in [0.1, 0.15) is 18.2 Å². The van der Waals surface area contributed by atoms with E-state index >= 15 is 0 Å². The Morgan fingerprint density at radius 3 is 2.75 bits per heavy atom. The van der Waals surface area contributed by atoms with E-state index in [4.69, 9.17) is 4.74 Å². The number of carbonyl (C=O) groups excluding carboxylic acids is 1. The lowest BCUT2D eigenvalue weighted by Gasteiger charge is -2.37. The molecule has 0 unspecified atom stereocenters. The van der Waals surface area contributed by atoms with Gasteiger partial charge in [0.15, 0.2) is 0 Å². The Morgan fingerprint density at radius 1 is 1.25 bits per heavy atom. The second-order valence-corrected chi connectivity index (χ2v) is 6.41. The smallest absolute Gasteiger partial charge is 0.239 e. The second-order valence-electron chi connectivity index (χ2n) is 6.41. The lowest BCUT2D eigenvalue weighted by molar-refractivity contribution is -0.139. The van der Waals surface area contributed by atoms with Crippen LogP contribution in [-0.2, 0) is 4.79 Å². The number of anilines is 1. The van der Waals surface area contributed by atoms with Gasteiger partial charge < -0.3 is 19.9 Å². The Labute approximate surface area is 143 Å². The molecule has 0 aliphatic carbocycles. The van der Waals surface area contributed by atoms with Crippen molar-refractivity contribution < 1.29 is 9.53 Å². The molecule has 24 heavy (non-hydrogen) atoms. The molecule has 2 fully saturated rings. The molecule has 0 radical (unpaired) electrons. The molecule has 1 atom stereocenters. The molecule has 7 nitrogen and oxygen atoms in total. The van der Waals surface area contributed by atoms with Gasteiger partial charge in [0.05, 0.1) is 12.2 Å². The van der Waals surface area contributed by atoms with Crippen molar-refractivity contribution in [1.82, 2.24) is 20.1 Å². The van der Waals surface area contributed by atoms with Crippen LogP contribution in [0.25, 0.3) is 0 Å². The number of nitrogens with zero attached hydrogens (tertiary/aromatic N) is 4. The average molecular weight is 333 g/mol. The summed E-state index contributed by atoms with van der Waals surface area (Å²) in [6, 6.07) is 3.92. The maximum Gasteiger partial charge on any atom is 0.239 e. The molecule has 3 heterocycles. The zero-order valence-corrected chi connectivity index (χ0v) is 14.6. The maximum absolute atomic E-state index is 12.0. The van der Waals surface area contributed by atoms with E-state index in [1.54, 1.807) is 11.1 Å². The largest absolute Gasteiger partial charge is 0.491 e. The lowest BCUT2D eigenvalue weighted by atomic mass is 10.2. The normalized spacial score (nSPS) is 22.8. The first-order valence-corrected chi connectivity index (χ1v) is 8.68. The van der Waals surface area contributed by atoms with E-state index in [-0.39, 0.29) is 11.9 Å². The van der Waals surface area contributed by atoms with E-state index in [0.717, 1.165) is 57.4 Å². The molecule has 7 heteroatoms. The Morgan fingerprint density at radius 2 is 2.04 bits per heavy atom. The molecule has 2 aliphatic rings. The Balaban J connectivity index is 1.46. The topological polar surface area (TPSA) is 60.9 Å². The Bertz CT molecular complexity index is 544. The summed E-state index contributed by atoms with van der Waals surface area (Å²) in [7, 11) is 1.86. The van der Waals surface area contributed by atoms with Crippen LogP contribution in [-0.4, -0.2) is 86.2 Å². The molecule has 0 bridgehead atoms. The number of carbonyl (C=O) groups is 1. The summed E-state index contributed by atoms with van der Waals surface area (Å²) in [4.78, 5) is 22.7. The molecule has 1 aromatic rings. The highest BCUT2D eigenvalue weighted by molar-refractivity contribution is 5.81. The summed E-state index contributed by atoms with van der Waals surface area (Å²) < 4.78 is 5.80. The lowest BCUT2D eigenvalue weighted by Crippen LogP contribution is -2.55. The van der Waals surface area contributed by atoms with Gasteiger partial charge in [-0.25, -0.2) is 4.98 Å². The van der Waals surface area contributed by atoms with Crippen LogP contribution in [0.5, 0.6) is 5.75 Å². The zero-order valence-electron chi connectivity index (χ0n) is 14.6. The number of likely N-dealkylation sites (N-methyl/N-ethyl adjacent to an activating group) is 1. The first kappa shape index (κ1) is 17.0. The summed E-state index contributed by atoms with van der Waals surface area (Å²) in [6.07, 6.45) is 1.79. The van der Waals surface area contributed by atoms with Gasteiger partial charge in [-0.15, -0.1) is 0 Å². The van der Waals surface area contributed by atoms with Gasteiger partial charge in [-0.2, -0.15) is 0 Å². The van der Waals surface area contributed by atoms with E-state index in [1.807, 2.05) is 26.1 Å². The first-order chi connectivity index (χ1) is 11.6. The van der Waals surface area contributed by atoms with Gasteiger partial charge in [-0.1, -0.05) is 0 Å². The summed E-state index contributed by atoms with van der Waals surface area (Å²) >= 11 is 0. The number of amides is 1. The molecule has 1 aromatic heterocycles. The Hall–Kier alpha value is -1.86. The number of nitrogens with one attached hydrogen (secondary N) is 1. The molecule has 0 spiro atoms. The number of hydrogen-bond acceptors (Lipinski definition) is 6. The van der Waals surface area contributed by atoms with Crippen molar-refractivity contribution in [1.29, 1.82) is 0 Å². The van der Waals surface area contributed by atoms with Crippen LogP contribution in [0.4, 0.5) is 5.82 Å². The van der Waals surface area contributed by atoms with Crippen molar-refractivity contribution in [3.63, 3.8) is 0 Å². The molecule has 0 saturated carbocycles. The monoisotopic (exact) mass is 333 g/mol. The van der Waals surface area contributed by atoms with E-state index in [2.05, 4.69) is 20.1 Å². The van der Waals surface area contributed by atoms with Crippen molar-refractivity contribution in [3.8, 4) is 5.75 Å². The molecular weight excluding hydrogens is 306 g/mol. The average Bonchev–Trinajstić information content (AvgIpc) is 2.63. The van der Waals surface area contributed by atoms with E-state index in [1.165, 1.54) is 0 Å². The number of hydrogen-bond donors (Lipinski definition) is 1. The van der Waals surface area contributed by atoms with Gasteiger partial charge in [-0.05, 0) is 19.1 Å². The minimum Gasteiger partial charge on any atom is -0.491 e. The van der Waals surface area contributed by atoms with Gasteiger partial charge in [-0.3, -0.25) is 9.69 Å². The standard InChI is InChI=1S/C17H27N5O2/c1-14-17(23)20(2)9-10-21(14)11-12-24-15-3-4-16(19-13-15)22-7-5-18-6-8-22/h3-4,13-14,18H,5-12H2,1-2H3/t14-/m1/s1. The molecule has 132 valence electrons. The van der Waals surface area contributed by atoms with Crippen LogP contribution < -0.4 is 15.0 Å². The van der Waals surface area contributed by atoms with Crippen molar-refractivity contribution in [2.24, 2.45) is 0 Å². The minimum atomic E-state index is -0.0689. The summed E-state index contributed by atoms with van der Waals surface area (Å²) in [5, 5.41) is 3.34. The van der Waals surface area contributed by atoms with Gasteiger partial charge in [0.25, 0.3) is 0 Å². The highest BCUT2D eigenvalue weighted by Crippen LogP contribution is 2.16. The molecule has 1 amide bonds. The highest BCUT2D eigenvalue weighted by Gasteiger charge is 2.28. The predicted molar refractivity (Wildman–Crippen MR) is 93.5 cm³/mol. The summed E-state index contributed by atoms with van der Waals surface area (Å²) in [5.74, 6) is 1.97. The van der Waals surface area contributed by atoms with E-state index in [9.17, 15) is 4.79 Å². The fraction of sp³-hybridized carbons (Fsp3) is 0.647. The maximum atomic E-state index is 12.0. The molecule has 2 aliphatic heterocycles. The molecule has 3 rings (SSSR count). The summed E-state index contributed by atoms with van der Waals surface area (Å²) in [5.41, 5.74) is 0. The predicted octanol–water partition coefficient (Wildman–Crippen LogP) is 0.0325. The van der Waals surface area contributed by atoms with Crippen LogP contribution >= 0.6 is 0 Å². The van der Waals surface area contributed by atoms with Crippen molar-refractivity contribution in [2.75, 3.05) is 64.4 Å². The highest BCUT2D eigenvalue weighted by atomic mass is 16.5. The Kier molecular flexibility index (Phi) is 5.52.